The highest BCUT2D eigenvalue weighted by Gasteiger charge is 2.30. The zero-order valence-electron chi connectivity index (χ0n) is 62.8. The maximum Gasteiger partial charge on any atom is 0.472 e. The molecule has 0 saturated heterocycles. The van der Waals surface area contributed by atoms with Crippen molar-refractivity contribution in [3.63, 3.8) is 0 Å². The van der Waals surface area contributed by atoms with E-state index in [4.69, 9.17) is 37.0 Å². The van der Waals surface area contributed by atoms with Crippen molar-refractivity contribution in [3.8, 4) is 0 Å². The first-order chi connectivity index (χ1) is 48.7. The van der Waals surface area contributed by atoms with Crippen LogP contribution in [0.3, 0.4) is 0 Å². The number of carbonyl (C=O) groups excluding carboxylic acids is 4. The van der Waals surface area contributed by atoms with Gasteiger partial charge in [-0.1, -0.05) is 285 Å². The quantitative estimate of drug-likeness (QED) is 0.0169. The Morgan fingerprint density at radius 2 is 0.530 bits per heavy atom. The highest BCUT2D eigenvalue weighted by atomic mass is 31.2. The van der Waals surface area contributed by atoms with E-state index in [1.807, 2.05) is 0 Å². The van der Waals surface area contributed by atoms with Gasteiger partial charge in [0, 0.05) is 25.7 Å². The van der Waals surface area contributed by atoms with E-state index in [1.165, 1.54) is 64.2 Å². The molecule has 0 radical (unpaired) electrons. The molecular weight excluding hydrogens is 1310 g/mol. The highest BCUT2D eigenvalue weighted by molar-refractivity contribution is 7.47. The topological polar surface area (TPSA) is 237 Å². The van der Waals surface area contributed by atoms with Crippen molar-refractivity contribution in [1.82, 2.24) is 0 Å². The molecule has 0 aromatic carbocycles. The van der Waals surface area contributed by atoms with Crippen LogP contribution in [0.2, 0.25) is 0 Å². The molecule has 19 heteroatoms. The average Bonchev–Trinajstić information content (AvgIpc) is 0.940. The van der Waals surface area contributed by atoms with Gasteiger partial charge in [0.15, 0.2) is 12.2 Å². The van der Waals surface area contributed by atoms with Crippen LogP contribution in [-0.4, -0.2) is 96.7 Å². The van der Waals surface area contributed by atoms with E-state index in [-0.39, 0.29) is 25.7 Å². The number of phosphoric acid groups is 2. The van der Waals surface area contributed by atoms with E-state index in [0.29, 0.717) is 25.7 Å². The fraction of sp³-hybridized carbons (Fsp3) is 0.728. The van der Waals surface area contributed by atoms with Crippen LogP contribution < -0.4 is 0 Å². The molecule has 0 aromatic heterocycles. The van der Waals surface area contributed by atoms with Crippen LogP contribution >= 0.6 is 15.6 Å². The summed E-state index contributed by atoms with van der Waals surface area (Å²) in [7, 11) is -9.96. The van der Waals surface area contributed by atoms with Crippen molar-refractivity contribution in [2.45, 2.75) is 341 Å². The van der Waals surface area contributed by atoms with Gasteiger partial charge in [-0.2, -0.15) is 0 Å². The summed E-state index contributed by atoms with van der Waals surface area (Å²) in [6, 6.07) is 0. The summed E-state index contributed by atoms with van der Waals surface area (Å²) in [5.74, 6) is -2.21. The summed E-state index contributed by atoms with van der Waals surface area (Å²) in [6.07, 6.45) is 77.9. The van der Waals surface area contributed by atoms with E-state index in [0.717, 1.165) is 180 Å². The molecule has 0 heterocycles. The molecule has 0 aliphatic carbocycles. The molecule has 0 aromatic rings. The molecule has 3 N–H and O–H groups in total. The number of unbranched alkanes of at least 4 members (excludes halogenated alkanes) is 29. The Hall–Kier alpha value is -4.28. The van der Waals surface area contributed by atoms with E-state index >= 15 is 0 Å². The van der Waals surface area contributed by atoms with E-state index < -0.39 is 97.5 Å². The molecule has 17 nitrogen and oxygen atoms in total. The molecule has 0 bridgehead atoms. The lowest BCUT2D eigenvalue weighted by atomic mass is 10.0. The number of allylic oxidation sites excluding steroid dienone is 18. The van der Waals surface area contributed by atoms with Crippen LogP contribution in [0.1, 0.15) is 323 Å². The number of aliphatic hydroxyl groups is 1. The Morgan fingerprint density at radius 3 is 0.840 bits per heavy atom. The first kappa shape index (κ1) is 95.7. The third kappa shape index (κ3) is 72.1. The van der Waals surface area contributed by atoms with Crippen LogP contribution in [0.25, 0.3) is 0 Å². The molecule has 5 unspecified atom stereocenters. The Labute approximate surface area is 607 Å². The SMILES string of the molecule is CC/C=C\C/C=C\C/C=C\C/C=C\CCCCCCCCC(=O)OCC(COP(=O)(O)OCC(O)COP(=O)(O)OCC(COC(=O)CCCCCC/C=C\C/C=C\C/C=C\C/C=C\CC)OC(=O)CCCCCCC/C=C\CCCC)OC(=O)CCCCCCCCCCCCCCC. The third-order valence-electron chi connectivity index (χ3n) is 16.2. The average molecular weight is 1450 g/mol. The van der Waals surface area contributed by atoms with Crippen LogP contribution in [0.5, 0.6) is 0 Å². The second kappa shape index (κ2) is 73.0. The van der Waals surface area contributed by atoms with E-state index in [1.54, 1.807) is 0 Å². The van der Waals surface area contributed by atoms with Gasteiger partial charge in [0.25, 0.3) is 0 Å². The number of aliphatic hydroxyl groups excluding tert-OH is 1. The molecular formula is C81H140O17P2. The minimum absolute atomic E-state index is 0.0782. The fourth-order valence-corrected chi connectivity index (χ4v) is 11.9. The van der Waals surface area contributed by atoms with Crippen LogP contribution in [0.15, 0.2) is 109 Å². The standard InChI is InChI=1S/C81H140O17P2/c1-5-9-13-17-21-25-29-32-34-36-37-39-41-44-47-50-54-58-62-66-79(84)92-72-77(98-81(86)68-64-60-56-52-48-42-31-27-23-19-15-11-7-3)74-96-100(89,90)94-70-75(82)69-93-99(87,88)95-73-76(97-80(85)67-63-59-55-51-45-28-24-20-16-12-8-4)71-91-78(83)65-61-57-53-49-46-43-40-38-35-33-30-26-22-18-14-10-6-2/h9-10,13-14,20-22,24-26,32-35,37,39-40,43,75-77,82H,5-8,11-12,15-19,23,27-31,36,38,41-42,44-74H2,1-4H3,(H,87,88)(H,89,90)/b13-9-,14-10-,24-20-,25-21-,26-22-,34-32-,35-33-,39-37-,43-40-. The maximum absolute atomic E-state index is 13.1. The third-order valence-corrected chi connectivity index (χ3v) is 18.1. The fourth-order valence-electron chi connectivity index (χ4n) is 10.3. The molecule has 0 rings (SSSR count). The van der Waals surface area contributed by atoms with Crippen molar-refractivity contribution in [2.75, 3.05) is 39.6 Å². The number of carbonyl (C=O) groups is 4. The highest BCUT2D eigenvalue weighted by Crippen LogP contribution is 2.45. The zero-order chi connectivity index (χ0) is 73.2. The maximum atomic E-state index is 13.1. The van der Waals surface area contributed by atoms with Crippen LogP contribution in [0.4, 0.5) is 0 Å². The lowest BCUT2D eigenvalue weighted by Crippen LogP contribution is -2.30. The van der Waals surface area contributed by atoms with Crippen molar-refractivity contribution in [1.29, 1.82) is 0 Å². The largest absolute Gasteiger partial charge is 0.472 e. The summed E-state index contributed by atoms with van der Waals surface area (Å²) < 4.78 is 68.5. The van der Waals surface area contributed by atoms with Gasteiger partial charge in [-0.05, 0) is 122 Å². The second-order valence-corrected chi connectivity index (χ2v) is 28.8. The van der Waals surface area contributed by atoms with Crippen LogP contribution in [0, 0.1) is 0 Å². The summed E-state index contributed by atoms with van der Waals surface area (Å²) in [4.78, 5) is 72.9. The lowest BCUT2D eigenvalue weighted by Gasteiger charge is -2.21. The van der Waals surface area contributed by atoms with Gasteiger partial charge in [0.2, 0.25) is 0 Å². The molecule has 5 atom stereocenters. The van der Waals surface area contributed by atoms with Gasteiger partial charge in [-0.15, -0.1) is 0 Å². The van der Waals surface area contributed by atoms with Gasteiger partial charge in [0.05, 0.1) is 26.4 Å². The van der Waals surface area contributed by atoms with Crippen LogP contribution in [-0.2, 0) is 65.4 Å². The zero-order valence-corrected chi connectivity index (χ0v) is 64.6. The van der Waals surface area contributed by atoms with Crippen molar-refractivity contribution in [3.05, 3.63) is 109 Å². The number of hydrogen-bond donors (Lipinski definition) is 3. The summed E-state index contributed by atoms with van der Waals surface area (Å²) in [6.45, 7) is 4.58. The number of esters is 4. The monoisotopic (exact) mass is 1450 g/mol. The van der Waals surface area contributed by atoms with Crippen molar-refractivity contribution < 1.29 is 80.2 Å². The summed E-state index contributed by atoms with van der Waals surface area (Å²) in [5, 5.41) is 10.6. The smallest absolute Gasteiger partial charge is 0.462 e. The normalized spacial score (nSPS) is 14.5. The predicted octanol–water partition coefficient (Wildman–Crippen LogP) is 22.6. The Balaban J connectivity index is 5.32. The van der Waals surface area contributed by atoms with Crippen molar-refractivity contribution in [2.24, 2.45) is 0 Å². The molecule has 0 aliphatic rings. The minimum Gasteiger partial charge on any atom is -0.462 e. The molecule has 0 aliphatic heterocycles. The van der Waals surface area contributed by atoms with Gasteiger partial charge in [-0.3, -0.25) is 37.3 Å². The Kier molecular flexibility index (Phi) is 69.9. The number of rotatable bonds is 73. The van der Waals surface area contributed by atoms with Gasteiger partial charge >= 0.3 is 39.5 Å². The second-order valence-electron chi connectivity index (χ2n) is 25.9. The predicted molar refractivity (Wildman–Crippen MR) is 408 cm³/mol. The summed E-state index contributed by atoms with van der Waals surface area (Å²) >= 11 is 0. The number of phosphoric ester groups is 2. The number of ether oxygens (including phenoxy) is 4. The molecule has 0 spiro atoms. The summed E-state index contributed by atoms with van der Waals surface area (Å²) in [5.41, 5.74) is 0. The first-order valence-corrected chi connectivity index (χ1v) is 42.1. The molecule has 100 heavy (non-hydrogen) atoms. The lowest BCUT2D eigenvalue weighted by molar-refractivity contribution is -0.161. The van der Waals surface area contributed by atoms with Gasteiger partial charge in [-0.25, -0.2) is 9.13 Å². The van der Waals surface area contributed by atoms with Gasteiger partial charge < -0.3 is 33.8 Å². The minimum atomic E-state index is -4.98. The van der Waals surface area contributed by atoms with E-state index in [2.05, 4.69) is 137 Å². The van der Waals surface area contributed by atoms with E-state index in [9.17, 15) is 43.2 Å². The molecule has 576 valence electrons. The molecule has 0 fully saturated rings. The number of hydrogen-bond acceptors (Lipinski definition) is 15. The van der Waals surface area contributed by atoms with Gasteiger partial charge in [0.1, 0.15) is 19.3 Å². The molecule has 0 saturated carbocycles. The molecule has 0 amide bonds. The van der Waals surface area contributed by atoms with Crippen molar-refractivity contribution >= 4 is 39.5 Å². The Morgan fingerprint density at radius 1 is 0.290 bits per heavy atom. The first-order valence-electron chi connectivity index (χ1n) is 39.1. The Bertz CT molecular complexity index is 2320.